The van der Waals surface area contributed by atoms with Gasteiger partial charge in [-0.1, -0.05) is 6.07 Å². The molecule has 0 saturated carbocycles. The Morgan fingerprint density at radius 3 is 2.96 bits per heavy atom. The fourth-order valence-electron chi connectivity index (χ4n) is 3.03. The number of nitrogens with zero attached hydrogens (tertiary/aromatic N) is 4. The van der Waals surface area contributed by atoms with Gasteiger partial charge < -0.3 is 15.0 Å². The number of aliphatic hydroxyl groups excluding tert-OH is 1. The van der Waals surface area contributed by atoms with Gasteiger partial charge in [0.05, 0.1) is 18.7 Å². The number of imidazole rings is 1. The number of likely N-dealkylation sites (tertiary alicyclic amines) is 1. The van der Waals surface area contributed by atoms with E-state index in [4.69, 9.17) is 0 Å². The molecule has 0 radical (unpaired) electrons. The maximum atomic E-state index is 12.2. The summed E-state index contributed by atoms with van der Waals surface area (Å²) >= 11 is 0. The molecular formula is C17H23N5O2. The Bertz CT molecular complexity index is 673. The minimum absolute atomic E-state index is 0.241. The quantitative estimate of drug-likeness (QED) is 0.842. The second-order valence-corrected chi connectivity index (χ2v) is 6.02. The average molecular weight is 329 g/mol. The number of rotatable bonds is 5. The van der Waals surface area contributed by atoms with Crippen LogP contribution in [-0.4, -0.2) is 55.7 Å². The lowest BCUT2D eigenvalue weighted by atomic mass is 10.0. The van der Waals surface area contributed by atoms with Crippen LogP contribution in [0.2, 0.25) is 0 Å². The number of aryl methyl sites for hydroxylation is 1. The fraction of sp³-hybridized carbons (Fsp3) is 0.471. The minimum atomic E-state index is -0.601. The largest absolute Gasteiger partial charge is 0.390 e. The zero-order chi connectivity index (χ0) is 16.9. The van der Waals surface area contributed by atoms with Gasteiger partial charge in [-0.3, -0.25) is 14.7 Å². The molecule has 7 heteroatoms. The summed E-state index contributed by atoms with van der Waals surface area (Å²) in [6.07, 6.45) is 5.45. The highest BCUT2D eigenvalue weighted by Gasteiger charge is 2.29. The molecule has 0 bridgehead atoms. The number of hydrogen-bond acceptors (Lipinski definition) is 5. The molecule has 0 aliphatic carbocycles. The van der Waals surface area contributed by atoms with Gasteiger partial charge >= 0.3 is 0 Å². The van der Waals surface area contributed by atoms with Gasteiger partial charge in [0.1, 0.15) is 11.5 Å². The fourth-order valence-corrected chi connectivity index (χ4v) is 3.03. The van der Waals surface area contributed by atoms with E-state index in [1.165, 1.54) is 0 Å². The lowest BCUT2D eigenvalue weighted by Gasteiger charge is -2.36. The maximum absolute atomic E-state index is 12.2. The highest BCUT2D eigenvalue weighted by molar-refractivity contribution is 5.92. The topological polar surface area (TPSA) is 83.3 Å². The van der Waals surface area contributed by atoms with Crippen LogP contribution in [0.5, 0.6) is 0 Å². The van der Waals surface area contributed by atoms with Gasteiger partial charge in [0, 0.05) is 38.2 Å². The molecule has 0 aromatic carbocycles. The Morgan fingerprint density at radius 2 is 2.25 bits per heavy atom. The molecule has 24 heavy (non-hydrogen) atoms. The number of aromatic nitrogens is 3. The lowest BCUT2D eigenvalue weighted by molar-refractivity contribution is 0.0335. The number of hydrogen-bond donors (Lipinski definition) is 2. The molecule has 2 aromatic rings. The normalized spacial score (nSPS) is 21.6. The molecule has 1 amide bonds. The Kier molecular flexibility index (Phi) is 5.22. The first-order valence-electron chi connectivity index (χ1n) is 8.29. The third-order valence-electron chi connectivity index (χ3n) is 4.39. The summed E-state index contributed by atoms with van der Waals surface area (Å²) in [5.74, 6) is 0.760. The summed E-state index contributed by atoms with van der Waals surface area (Å²) in [6, 6.07) is 4.96. The Balaban J connectivity index is 1.54. The van der Waals surface area contributed by atoms with Crippen LogP contribution in [-0.2, 0) is 13.1 Å². The van der Waals surface area contributed by atoms with Crippen molar-refractivity contribution in [1.29, 1.82) is 0 Å². The number of β-amino-alcohol motifs (C(OH)–C–C–N with tert-alkyl or cyclic N) is 1. The van der Waals surface area contributed by atoms with Crippen LogP contribution >= 0.6 is 0 Å². The molecule has 3 rings (SSSR count). The van der Waals surface area contributed by atoms with Gasteiger partial charge in [-0.2, -0.15) is 0 Å². The van der Waals surface area contributed by atoms with Crippen molar-refractivity contribution in [2.45, 2.75) is 38.6 Å². The summed E-state index contributed by atoms with van der Waals surface area (Å²) in [5, 5.41) is 13.3. The van der Waals surface area contributed by atoms with Crippen LogP contribution in [0.4, 0.5) is 0 Å². The van der Waals surface area contributed by atoms with E-state index in [1.807, 2.05) is 6.20 Å². The van der Waals surface area contributed by atoms with E-state index in [0.29, 0.717) is 25.2 Å². The molecule has 1 aliphatic heterocycles. The second-order valence-electron chi connectivity index (χ2n) is 6.02. The van der Waals surface area contributed by atoms with Crippen LogP contribution in [0, 0.1) is 0 Å². The van der Waals surface area contributed by atoms with Crippen molar-refractivity contribution in [1.82, 2.24) is 24.8 Å². The van der Waals surface area contributed by atoms with Gasteiger partial charge in [0.2, 0.25) is 0 Å². The summed E-state index contributed by atoms with van der Waals surface area (Å²) in [7, 11) is 0. The van der Waals surface area contributed by atoms with Crippen molar-refractivity contribution in [2.24, 2.45) is 0 Å². The van der Waals surface area contributed by atoms with Crippen molar-refractivity contribution >= 4 is 5.91 Å². The molecule has 3 heterocycles. The van der Waals surface area contributed by atoms with Gasteiger partial charge in [0.15, 0.2) is 0 Å². The number of amides is 1. The molecule has 7 nitrogen and oxygen atoms in total. The van der Waals surface area contributed by atoms with Gasteiger partial charge in [-0.05, 0) is 25.5 Å². The Labute approximate surface area is 141 Å². The van der Waals surface area contributed by atoms with E-state index in [0.717, 1.165) is 18.9 Å². The van der Waals surface area contributed by atoms with Crippen molar-refractivity contribution in [2.75, 3.05) is 13.1 Å². The first-order valence-corrected chi connectivity index (χ1v) is 8.29. The maximum Gasteiger partial charge on any atom is 0.270 e. The Morgan fingerprint density at radius 1 is 1.38 bits per heavy atom. The highest BCUT2D eigenvalue weighted by Crippen LogP contribution is 2.14. The third-order valence-corrected chi connectivity index (χ3v) is 4.39. The molecule has 0 spiro atoms. The van der Waals surface area contributed by atoms with Gasteiger partial charge in [-0.25, -0.2) is 4.98 Å². The molecule has 2 atom stereocenters. The highest BCUT2D eigenvalue weighted by atomic mass is 16.3. The number of carbonyl (C=O) groups excluding carboxylic acids is 1. The van der Waals surface area contributed by atoms with E-state index in [-0.39, 0.29) is 11.9 Å². The van der Waals surface area contributed by atoms with E-state index >= 15 is 0 Å². The summed E-state index contributed by atoms with van der Waals surface area (Å²) < 4.78 is 2.10. The van der Waals surface area contributed by atoms with Gasteiger partial charge in [-0.15, -0.1) is 0 Å². The molecule has 2 aromatic heterocycles. The van der Waals surface area contributed by atoms with Gasteiger partial charge in [0.25, 0.3) is 5.91 Å². The smallest absolute Gasteiger partial charge is 0.270 e. The van der Waals surface area contributed by atoms with Crippen LogP contribution < -0.4 is 5.32 Å². The predicted molar refractivity (Wildman–Crippen MR) is 89.3 cm³/mol. The number of pyridine rings is 1. The molecule has 1 aliphatic rings. The SMILES string of the molecule is CCn1ccnc1CN1CC[C@@H](NC(=O)c2ccccn2)[C@H](O)C1. The zero-order valence-electron chi connectivity index (χ0n) is 13.8. The molecule has 0 unspecified atom stereocenters. The number of aliphatic hydroxyl groups is 1. The summed E-state index contributed by atoms with van der Waals surface area (Å²) in [4.78, 5) is 22.8. The van der Waals surface area contributed by atoms with Crippen molar-refractivity contribution in [3.63, 3.8) is 0 Å². The van der Waals surface area contributed by atoms with Crippen molar-refractivity contribution in [3.8, 4) is 0 Å². The van der Waals surface area contributed by atoms with Crippen molar-refractivity contribution < 1.29 is 9.90 Å². The average Bonchev–Trinajstić information content (AvgIpc) is 3.05. The number of piperidine rings is 1. The Hall–Kier alpha value is -2.25. The molecule has 128 valence electrons. The van der Waals surface area contributed by atoms with Crippen LogP contribution in [0.15, 0.2) is 36.8 Å². The third kappa shape index (κ3) is 3.80. The van der Waals surface area contributed by atoms with Crippen LogP contribution in [0.25, 0.3) is 0 Å². The monoisotopic (exact) mass is 329 g/mol. The van der Waals surface area contributed by atoms with Crippen molar-refractivity contribution in [3.05, 3.63) is 48.3 Å². The standard InChI is InChI=1S/C17H23N5O2/c1-2-22-10-8-19-16(22)12-21-9-6-13(15(23)11-21)20-17(24)14-5-3-4-7-18-14/h3-5,7-8,10,13,15,23H,2,6,9,11-12H2,1H3,(H,20,24)/t13-,15-/m1/s1. The zero-order valence-corrected chi connectivity index (χ0v) is 13.8. The second kappa shape index (κ2) is 7.55. The van der Waals surface area contributed by atoms with E-state index in [2.05, 4.69) is 31.7 Å². The van der Waals surface area contributed by atoms with Crippen LogP contribution in [0.3, 0.4) is 0 Å². The van der Waals surface area contributed by atoms with Crippen LogP contribution in [0.1, 0.15) is 29.7 Å². The van der Waals surface area contributed by atoms with E-state index in [1.54, 1.807) is 30.6 Å². The predicted octanol–water partition coefficient (Wildman–Crippen LogP) is 0.663. The van der Waals surface area contributed by atoms with E-state index < -0.39 is 6.10 Å². The summed E-state index contributed by atoms with van der Waals surface area (Å²) in [5.41, 5.74) is 0.372. The van der Waals surface area contributed by atoms with E-state index in [9.17, 15) is 9.90 Å². The molecular weight excluding hydrogens is 306 g/mol. The lowest BCUT2D eigenvalue weighted by Crippen LogP contribution is -2.54. The first-order chi connectivity index (χ1) is 11.7. The molecule has 1 fully saturated rings. The number of carbonyl (C=O) groups is 1. The molecule has 2 N–H and O–H groups in total. The summed E-state index contributed by atoms with van der Waals surface area (Å²) in [6.45, 7) is 5.00. The minimum Gasteiger partial charge on any atom is -0.390 e. The first kappa shape index (κ1) is 16.6. The number of nitrogens with one attached hydrogen (secondary N) is 1. The molecule has 1 saturated heterocycles.